The van der Waals surface area contributed by atoms with Gasteiger partial charge in [0.2, 0.25) is 5.91 Å². The van der Waals surface area contributed by atoms with Crippen molar-refractivity contribution in [1.29, 1.82) is 0 Å². The second-order valence-electron chi connectivity index (χ2n) is 8.26. The molecule has 1 amide bonds. The van der Waals surface area contributed by atoms with Crippen LogP contribution in [0.5, 0.6) is 0 Å². The lowest BCUT2D eigenvalue weighted by molar-refractivity contribution is -0.134. The molecule has 0 aliphatic carbocycles. The highest BCUT2D eigenvalue weighted by Crippen LogP contribution is 2.35. The number of rotatable bonds is 5. The third-order valence-corrected chi connectivity index (χ3v) is 6.39. The molecule has 2 bridgehead atoms. The van der Waals surface area contributed by atoms with E-state index in [9.17, 15) is 9.59 Å². The minimum Gasteiger partial charge on any atom is -0.344 e. The molecule has 1 fully saturated rings. The van der Waals surface area contributed by atoms with Crippen LogP contribution in [0.2, 0.25) is 0 Å². The van der Waals surface area contributed by atoms with Crippen LogP contribution < -0.4 is 5.56 Å². The summed E-state index contributed by atoms with van der Waals surface area (Å²) in [5.41, 5.74) is 1.64. The number of nitrogens with zero attached hydrogens (tertiary/aromatic N) is 5. The molecule has 156 valence electrons. The molecule has 5 rings (SSSR count). The van der Waals surface area contributed by atoms with Crippen molar-refractivity contribution in [2.75, 3.05) is 13.1 Å². The van der Waals surface area contributed by atoms with Crippen molar-refractivity contribution in [3.63, 3.8) is 0 Å². The van der Waals surface area contributed by atoms with Gasteiger partial charge in [0.25, 0.3) is 5.56 Å². The molecule has 30 heavy (non-hydrogen) atoms. The number of pyridine rings is 1. The Hall–Kier alpha value is -3.16. The van der Waals surface area contributed by atoms with E-state index in [1.54, 1.807) is 18.6 Å². The Morgan fingerprint density at radius 1 is 1.20 bits per heavy atom. The van der Waals surface area contributed by atoms with E-state index in [0.29, 0.717) is 43.4 Å². The van der Waals surface area contributed by atoms with Crippen molar-refractivity contribution >= 4 is 5.91 Å². The number of aryl methyl sites for hydroxylation is 2. The van der Waals surface area contributed by atoms with Gasteiger partial charge in [-0.2, -0.15) is 0 Å². The molecule has 0 aromatic carbocycles. The normalized spacial score (nSPS) is 20.2. The van der Waals surface area contributed by atoms with Gasteiger partial charge < -0.3 is 19.0 Å². The summed E-state index contributed by atoms with van der Waals surface area (Å²) >= 11 is 0. The Labute approximate surface area is 174 Å². The number of hydrogen-bond acceptors (Lipinski definition) is 4. The van der Waals surface area contributed by atoms with Crippen LogP contribution in [0.25, 0.3) is 11.4 Å². The van der Waals surface area contributed by atoms with Gasteiger partial charge in [-0.05, 0) is 24.5 Å². The van der Waals surface area contributed by atoms with E-state index in [0.717, 1.165) is 30.9 Å². The molecule has 3 aromatic rings. The molecule has 0 radical (unpaired) electrons. The van der Waals surface area contributed by atoms with Gasteiger partial charge in [-0.3, -0.25) is 9.59 Å². The van der Waals surface area contributed by atoms with Gasteiger partial charge in [-0.15, -0.1) is 0 Å². The maximum Gasteiger partial charge on any atom is 0.261 e. The van der Waals surface area contributed by atoms with E-state index in [1.807, 2.05) is 27.8 Å². The Morgan fingerprint density at radius 2 is 2.10 bits per heavy atom. The second-order valence-corrected chi connectivity index (χ2v) is 8.26. The molecule has 2 aliphatic rings. The molecule has 2 aliphatic heterocycles. The molecule has 5 heterocycles. The summed E-state index contributed by atoms with van der Waals surface area (Å²) in [5, 5.41) is 0. The Balaban J connectivity index is 1.32. The fourth-order valence-corrected chi connectivity index (χ4v) is 4.97. The van der Waals surface area contributed by atoms with Gasteiger partial charge in [0.1, 0.15) is 11.6 Å². The monoisotopic (exact) mass is 406 g/mol. The number of fused-ring (bicyclic) bond motifs is 4. The smallest absolute Gasteiger partial charge is 0.261 e. The molecule has 1 N–H and O–H groups in total. The lowest BCUT2D eigenvalue weighted by Crippen LogP contribution is -2.49. The molecule has 3 aromatic heterocycles. The number of carbonyl (C=O) groups excluding carboxylic acids is 1. The molecule has 8 nitrogen and oxygen atoms in total. The lowest BCUT2D eigenvalue weighted by Gasteiger charge is -2.43. The molecule has 1 saturated heterocycles. The standard InChI is InChI=1S/C22H26N6O2/c1-2-19-23-8-10-26(19)9-5-20(29)27-12-15-11-16(14-27)18-4-3-17(21-24-6-7-25-21)22(30)28(18)13-15/h3-4,6-8,10,15-16H,2,5,9,11-14H2,1H3,(H,24,25)/t15-,16+/m0/s1. The van der Waals surface area contributed by atoms with Crippen molar-refractivity contribution in [3.8, 4) is 11.4 Å². The Bertz CT molecular complexity index is 1110. The number of carbonyl (C=O) groups is 1. The van der Waals surface area contributed by atoms with Crippen LogP contribution in [0.4, 0.5) is 0 Å². The van der Waals surface area contributed by atoms with Gasteiger partial charge in [0.05, 0.1) is 5.56 Å². The van der Waals surface area contributed by atoms with E-state index in [-0.39, 0.29) is 17.4 Å². The van der Waals surface area contributed by atoms with Crippen molar-refractivity contribution in [1.82, 2.24) is 29.0 Å². The number of amides is 1. The van der Waals surface area contributed by atoms with Crippen LogP contribution >= 0.6 is 0 Å². The highest BCUT2D eigenvalue weighted by Gasteiger charge is 2.36. The van der Waals surface area contributed by atoms with Crippen LogP contribution in [0.1, 0.15) is 37.2 Å². The van der Waals surface area contributed by atoms with Gasteiger partial charge in [-0.25, -0.2) is 9.97 Å². The van der Waals surface area contributed by atoms with Crippen molar-refractivity contribution in [2.45, 2.75) is 45.2 Å². The first-order valence-electron chi connectivity index (χ1n) is 10.6. The molecule has 2 atom stereocenters. The molecule has 0 spiro atoms. The molecule has 8 heteroatoms. The number of aromatic nitrogens is 5. The highest BCUT2D eigenvalue weighted by atomic mass is 16.2. The number of likely N-dealkylation sites (tertiary alicyclic amines) is 1. The van der Waals surface area contributed by atoms with Crippen LogP contribution in [0, 0.1) is 5.92 Å². The fourth-order valence-electron chi connectivity index (χ4n) is 4.97. The maximum atomic E-state index is 13.1. The maximum absolute atomic E-state index is 13.1. The van der Waals surface area contributed by atoms with Crippen molar-refractivity contribution in [2.24, 2.45) is 5.92 Å². The molecule has 0 saturated carbocycles. The summed E-state index contributed by atoms with van der Waals surface area (Å²) in [6.45, 7) is 4.79. The largest absolute Gasteiger partial charge is 0.344 e. The van der Waals surface area contributed by atoms with Gasteiger partial charge >= 0.3 is 0 Å². The van der Waals surface area contributed by atoms with E-state index < -0.39 is 0 Å². The lowest BCUT2D eigenvalue weighted by atomic mass is 9.83. The number of nitrogens with one attached hydrogen (secondary N) is 1. The number of piperidine rings is 1. The predicted molar refractivity (Wildman–Crippen MR) is 112 cm³/mol. The topological polar surface area (TPSA) is 88.8 Å². The van der Waals surface area contributed by atoms with E-state index >= 15 is 0 Å². The zero-order valence-corrected chi connectivity index (χ0v) is 17.1. The summed E-state index contributed by atoms with van der Waals surface area (Å²) in [7, 11) is 0. The number of H-pyrrole nitrogens is 1. The highest BCUT2D eigenvalue weighted by molar-refractivity contribution is 5.76. The van der Waals surface area contributed by atoms with Crippen LogP contribution in [-0.2, 0) is 24.3 Å². The average Bonchev–Trinajstić information content (AvgIpc) is 3.44. The second kappa shape index (κ2) is 7.59. The zero-order valence-electron chi connectivity index (χ0n) is 17.1. The summed E-state index contributed by atoms with van der Waals surface area (Å²) < 4.78 is 3.96. The number of hydrogen-bond donors (Lipinski definition) is 1. The number of imidazole rings is 2. The Kier molecular flexibility index (Phi) is 4.77. The quantitative estimate of drug-likeness (QED) is 0.702. The van der Waals surface area contributed by atoms with E-state index in [1.165, 1.54) is 0 Å². The van der Waals surface area contributed by atoms with Gasteiger partial charge in [0, 0.05) is 75.4 Å². The average molecular weight is 406 g/mol. The SMILES string of the molecule is CCc1nccn1CCC(=O)N1C[C@@H]2C[C@H](C1)c1ccc(-c3ncc[nH]3)c(=O)n1C2. The summed E-state index contributed by atoms with van der Waals surface area (Å²) in [5.74, 6) is 2.32. The third kappa shape index (κ3) is 3.26. The van der Waals surface area contributed by atoms with E-state index in [2.05, 4.69) is 26.4 Å². The molecular weight excluding hydrogens is 380 g/mol. The first-order valence-corrected chi connectivity index (χ1v) is 10.6. The van der Waals surface area contributed by atoms with Crippen LogP contribution in [0.15, 0.2) is 41.7 Å². The van der Waals surface area contributed by atoms with Crippen LogP contribution in [-0.4, -0.2) is 48.0 Å². The number of aromatic amines is 1. The minimum atomic E-state index is 0.00382. The van der Waals surface area contributed by atoms with Crippen LogP contribution in [0.3, 0.4) is 0 Å². The Morgan fingerprint density at radius 3 is 2.90 bits per heavy atom. The fraction of sp³-hybridized carbons (Fsp3) is 0.455. The first kappa shape index (κ1) is 18.8. The third-order valence-electron chi connectivity index (χ3n) is 6.39. The molecular formula is C22H26N6O2. The first-order chi connectivity index (χ1) is 14.6. The predicted octanol–water partition coefficient (Wildman–Crippen LogP) is 2.03. The zero-order chi connectivity index (χ0) is 20.7. The minimum absolute atomic E-state index is 0.00382. The van der Waals surface area contributed by atoms with Crippen molar-refractivity contribution < 1.29 is 4.79 Å². The summed E-state index contributed by atoms with van der Waals surface area (Å²) in [4.78, 5) is 39.6. The van der Waals surface area contributed by atoms with E-state index in [4.69, 9.17) is 0 Å². The summed E-state index contributed by atoms with van der Waals surface area (Å²) in [6, 6.07) is 3.90. The summed E-state index contributed by atoms with van der Waals surface area (Å²) in [6.07, 6.45) is 9.49. The van der Waals surface area contributed by atoms with Gasteiger partial charge in [0.15, 0.2) is 0 Å². The van der Waals surface area contributed by atoms with Crippen molar-refractivity contribution in [3.05, 3.63) is 58.8 Å². The molecule has 0 unspecified atom stereocenters. The van der Waals surface area contributed by atoms with Gasteiger partial charge in [-0.1, -0.05) is 6.92 Å².